The zero-order valence-electron chi connectivity index (χ0n) is 11.0. The van der Waals surface area contributed by atoms with E-state index in [0.29, 0.717) is 18.7 Å². The Labute approximate surface area is 111 Å². The maximum atomic E-state index is 8.98. The molecule has 0 radical (unpaired) electrons. The van der Waals surface area contributed by atoms with Gasteiger partial charge in [-0.1, -0.05) is 0 Å². The standard InChI is InChI=1S/C12H16N6O/c1-9(5-13)7-17(2)11-10-6-16-18(3-4-19)12(10)15-8-14-11/h6,8-9,19H,3-4,7H2,1-2H3/t9-/m1/s1. The predicted octanol–water partition coefficient (Wildman–Crippen LogP) is 0.414. The third-order valence-corrected chi connectivity index (χ3v) is 2.85. The van der Waals surface area contributed by atoms with E-state index in [9.17, 15) is 0 Å². The highest BCUT2D eigenvalue weighted by Gasteiger charge is 2.14. The lowest BCUT2D eigenvalue weighted by molar-refractivity contribution is 0.271. The first-order valence-electron chi connectivity index (χ1n) is 6.05. The van der Waals surface area contributed by atoms with E-state index in [0.717, 1.165) is 11.2 Å². The second-order valence-corrected chi connectivity index (χ2v) is 4.44. The molecule has 7 heteroatoms. The van der Waals surface area contributed by atoms with Gasteiger partial charge in [0.2, 0.25) is 0 Å². The average Bonchev–Trinajstić information content (AvgIpc) is 2.82. The molecule has 19 heavy (non-hydrogen) atoms. The molecule has 100 valence electrons. The van der Waals surface area contributed by atoms with Gasteiger partial charge in [0.05, 0.1) is 36.7 Å². The van der Waals surface area contributed by atoms with Crippen LogP contribution in [-0.2, 0) is 6.54 Å². The van der Waals surface area contributed by atoms with E-state index in [1.54, 1.807) is 10.9 Å². The van der Waals surface area contributed by atoms with Crippen LogP contribution < -0.4 is 4.90 Å². The minimum Gasteiger partial charge on any atom is -0.394 e. The number of nitrogens with zero attached hydrogens (tertiary/aromatic N) is 6. The fourth-order valence-corrected chi connectivity index (χ4v) is 1.98. The van der Waals surface area contributed by atoms with Crippen LogP contribution >= 0.6 is 0 Å². The van der Waals surface area contributed by atoms with Crippen molar-refractivity contribution in [2.75, 3.05) is 25.1 Å². The molecule has 2 heterocycles. The lowest BCUT2D eigenvalue weighted by Crippen LogP contribution is -2.24. The third kappa shape index (κ3) is 2.63. The smallest absolute Gasteiger partial charge is 0.163 e. The van der Waals surface area contributed by atoms with Gasteiger partial charge >= 0.3 is 0 Å². The van der Waals surface area contributed by atoms with Crippen molar-refractivity contribution in [1.29, 1.82) is 5.26 Å². The molecule has 0 saturated heterocycles. The van der Waals surface area contributed by atoms with Gasteiger partial charge in [-0.2, -0.15) is 10.4 Å². The molecule has 2 aromatic rings. The van der Waals surface area contributed by atoms with Gasteiger partial charge < -0.3 is 10.0 Å². The summed E-state index contributed by atoms with van der Waals surface area (Å²) >= 11 is 0. The van der Waals surface area contributed by atoms with E-state index >= 15 is 0 Å². The topological polar surface area (TPSA) is 90.9 Å². The molecule has 0 amide bonds. The molecule has 0 saturated carbocycles. The summed E-state index contributed by atoms with van der Waals surface area (Å²) in [4.78, 5) is 10.4. The van der Waals surface area contributed by atoms with Crippen molar-refractivity contribution in [2.45, 2.75) is 13.5 Å². The molecule has 0 unspecified atom stereocenters. The SMILES string of the molecule is C[C@H](C#N)CN(C)c1ncnc2c1cnn2CCO. The van der Waals surface area contributed by atoms with Crippen molar-refractivity contribution in [3.63, 3.8) is 0 Å². The van der Waals surface area contributed by atoms with Gasteiger partial charge in [-0.15, -0.1) is 0 Å². The van der Waals surface area contributed by atoms with E-state index < -0.39 is 0 Å². The van der Waals surface area contributed by atoms with Crippen molar-refractivity contribution in [1.82, 2.24) is 19.7 Å². The second-order valence-electron chi connectivity index (χ2n) is 4.44. The van der Waals surface area contributed by atoms with Crippen LogP contribution in [0.5, 0.6) is 0 Å². The average molecular weight is 260 g/mol. The normalized spacial score (nSPS) is 12.3. The number of nitriles is 1. The number of fused-ring (bicyclic) bond motifs is 1. The number of hydrogen-bond acceptors (Lipinski definition) is 6. The Morgan fingerprint density at radius 2 is 2.32 bits per heavy atom. The van der Waals surface area contributed by atoms with Gasteiger partial charge in [0.15, 0.2) is 5.65 Å². The van der Waals surface area contributed by atoms with Crippen LogP contribution in [0.1, 0.15) is 6.92 Å². The molecular weight excluding hydrogens is 244 g/mol. The van der Waals surface area contributed by atoms with E-state index in [1.807, 2.05) is 18.9 Å². The molecule has 2 aromatic heterocycles. The Kier molecular flexibility index (Phi) is 3.92. The Morgan fingerprint density at radius 3 is 3.00 bits per heavy atom. The molecule has 2 rings (SSSR count). The first kappa shape index (κ1) is 13.2. The monoisotopic (exact) mass is 260 g/mol. The Balaban J connectivity index is 2.36. The van der Waals surface area contributed by atoms with Gasteiger partial charge in [0.1, 0.15) is 12.1 Å². The number of hydrogen-bond donors (Lipinski definition) is 1. The number of aromatic nitrogens is 4. The molecule has 1 N–H and O–H groups in total. The number of anilines is 1. The molecule has 0 bridgehead atoms. The van der Waals surface area contributed by atoms with Gasteiger partial charge in [-0.3, -0.25) is 0 Å². The van der Waals surface area contributed by atoms with Gasteiger partial charge in [0.25, 0.3) is 0 Å². The minimum absolute atomic E-state index is 0.0113. The van der Waals surface area contributed by atoms with E-state index in [4.69, 9.17) is 10.4 Å². The van der Waals surface area contributed by atoms with Crippen LogP contribution in [0.15, 0.2) is 12.5 Å². The largest absolute Gasteiger partial charge is 0.394 e. The quantitative estimate of drug-likeness (QED) is 0.837. The number of aliphatic hydroxyl groups excluding tert-OH is 1. The van der Waals surface area contributed by atoms with Crippen molar-refractivity contribution < 1.29 is 5.11 Å². The van der Waals surface area contributed by atoms with Crippen LogP contribution in [0, 0.1) is 17.2 Å². The maximum Gasteiger partial charge on any atom is 0.163 e. The van der Waals surface area contributed by atoms with Crippen LogP contribution in [0.4, 0.5) is 5.82 Å². The lowest BCUT2D eigenvalue weighted by atomic mass is 10.2. The molecule has 0 fully saturated rings. The van der Waals surface area contributed by atoms with Crippen LogP contribution in [0.2, 0.25) is 0 Å². The van der Waals surface area contributed by atoms with Crippen molar-refractivity contribution in [3.05, 3.63) is 12.5 Å². The Hall–Kier alpha value is -2.20. The summed E-state index contributed by atoms with van der Waals surface area (Å²) in [7, 11) is 1.89. The summed E-state index contributed by atoms with van der Waals surface area (Å²) in [6.45, 7) is 2.87. The van der Waals surface area contributed by atoms with Gasteiger partial charge in [-0.05, 0) is 6.92 Å². The highest BCUT2D eigenvalue weighted by Crippen LogP contribution is 2.22. The summed E-state index contributed by atoms with van der Waals surface area (Å²) in [6.07, 6.45) is 3.16. The van der Waals surface area contributed by atoms with Crippen LogP contribution in [0.25, 0.3) is 11.0 Å². The maximum absolute atomic E-state index is 8.98. The molecular formula is C12H16N6O. The van der Waals surface area contributed by atoms with E-state index in [1.165, 1.54) is 6.33 Å². The molecule has 0 aliphatic heterocycles. The highest BCUT2D eigenvalue weighted by atomic mass is 16.3. The summed E-state index contributed by atoms with van der Waals surface area (Å²) in [6, 6.07) is 2.20. The zero-order chi connectivity index (χ0) is 13.8. The Morgan fingerprint density at radius 1 is 1.53 bits per heavy atom. The molecule has 0 aliphatic rings. The first-order valence-corrected chi connectivity index (χ1v) is 6.05. The van der Waals surface area contributed by atoms with E-state index in [-0.39, 0.29) is 12.5 Å². The summed E-state index contributed by atoms with van der Waals surface area (Å²) in [5, 5.41) is 22.9. The zero-order valence-corrected chi connectivity index (χ0v) is 11.0. The summed E-state index contributed by atoms with van der Waals surface area (Å²) in [5.74, 6) is 0.666. The Bertz CT molecular complexity index is 602. The van der Waals surface area contributed by atoms with Gasteiger partial charge in [0, 0.05) is 13.6 Å². The number of aliphatic hydroxyl groups is 1. The lowest BCUT2D eigenvalue weighted by Gasteiger charge is -2.19. The second kappa shape index (κ2) is 5.63. The van der Waals surface area contributed by atoms with E-state index in [2.05, 4.69) is 21.1 Å². The molecule has 1 atom stereocenters. The minimum atomic E-state index is -0.0810. The van der Waals surface area contributed by atoms with Crippen LogP contribution in [-0.4, -0.2) is 45.1 Å². The molecule has 0 aliphatic carbocycles. The highest BCUT2D eigenvalue weighted by molar-refractivity contribution is 5.86. The van der Waals surface area contributed by atoms with Crippen molar-refractivity contribution in [3.8, 4) is 6.07 Å². The molecule has 0 aromatic carbocycles. The fraction of sp³-hybridized carbons (Fsp3) is 0.500. The fourth-order valence-electron chi connectivity index (χ4n) is 1.98. The first-order chi connectivity index (χ1) is 9.17. The van der Waals surface area contributed by atoms with Crippen molar-refractivity contribution in [2.24, 2.45) is 5.92 Å². The summed E-state index contributed by atoms with van der Waals surface area (Å²) < 4.78 is 1.64. The molecule has 7 nitrogen and oxygen atoms in total. The molecule has 0 spiro atoms. The third-order valence-electron chi connectivity index (χ3n) is 2.85. The number of rotatable bonds is 5. The van der Waals surface area contributed by atoms with Gasteiger partial charge in [-0.25, -0.2) is 14.6 Å². The van der Waals surface area contributed by atoms with Crippen LogP contribution in [0.3, 0.4) is 0 Å². The summed E-state index contributed by atoms with van der Waals surface area (Å²) in [5.41, 5.74) is 0.690. The van der Waals surface area contributed by atoms with Crippen molar-refractivity contribution >= 4 is 16.9 Å². The predicted molar refractivity (Wildman–Crippen MR) is 70.5 cm³/mol.